The number of amides is 1. The number of hydrogen-bond acceptors (Lipinski definition) is 3. The first-order valence-corrected chi connectivity index (χ1v) is 8.27. The Morgan fingerprint density at radius 2 is 1.87 bits per heavy atom. The normalized spacial score (nSPS) is 21.6. The molecular formula is C19H29NO3. The van der Waals surface area contributed by atoms with Gasteiger partial charge in [-0.1, -0.05) is 18.2 Å². The number of ether oxygens (including phenoxy) is 2. The van der Waals surface area contributed by atoms with E-state index in [4.69, 9.17) is 9.47 Å². The Morgan fingerprint density at radius 1 is 1.26 bits per heavy atom. The van der Waals surface area contributed by atoms with Crippen molar-refractivity contribution in [3.63, 3.8) is 0 Å². The number of benzene rings is 1. The first-order chi connectivity index (χ1) is 10.6. The second kappa shape index (κ2) is 6.52. The molecule has 0 spiro atoms. The molecule has 1 amide bonds. The topological polar surface area (TPSA) is 38.8 Å². The third-order valence-electron chi connectivity index (χ3n) is 4.30. The van der Waals surface area contributed by atoms with Gasteiger partial charge in [0.25, 0.3) is 0 Å². The summed E-state index contributed by atoms with van der Waals surface area (Å²) >= 11 is 0. The SMILES string of the molecule is Cc1cccc(C)c1COC1(C)CCN(C(=O)OC(C)(C)C)C1. The number of carbonyl (C=O) groups is 1. The molecule has 1 unspecified atom stereocenters. The van der Waals surface area contributed by atoms with Gasteiger partial charge >= 0.3 is 6.09 Å². The number of carbonyl (C=O) groups excluding carboxylic acids is 1. The number of rotatable bonds is 3. The highest BCUT2D eigenvalue weighted by molar-refractivity contribution is 5.68. The van der Waals surface area contributed by atoms with Crippen LogP contribution in [0, 0.1) is 13.8 Å². The Balaban J connectivity index is 1.95. The molecular weight excluding hydrogens is 290 g/mol. The molecule has 1 saturated heterocycles. The number of nitrogens with zero attached hydrogens (tertiary/aromatic N) is 1. The Morgan fingerprint density at radius 3 is 2.43 bits per heavy atom. The molecule has 0 N–H and O–H groups in total. The summed E-state index contributed by atoms with van der Waals surface area (Å²) in [4.78, 5) is 13.9. The van der Waals surface area contributed by atoms with Gasteiger partial charge < -0.3 is 14.4 Å². The van der Waals surface area contributed by atoms with Crippen molar-refractivity contribution in [2.45, 2.75) is 65.8 Å². The van der Waals surface area contributed by atoms with Crippen LogP contribution in [0.15, 0.2) is 18.2 Å². The van der Waals surface area contributed by atoms with E-state index in [9.17, 15) is 4.79 Å². The lowest BCUT2D eigenvalue weighted by molar-refractivity contribution is -0.0377. The minimum atomic E-state index is -0.463. The summed E-state index contributed by atoms with van der Waals surface area (Å²) in [5.74, 6) is 0. The van der Waals surface area contributed by atoms with Gasteiger partial charge in [-0.2, -0.15) is 0 Å². The van der Waals surface area contributed by atoms with Gasteiger partial charge in [0.15, 0.2) is 0 Å². The lowest BCUT2D eigenvalue weighted by Gasteiger charge is -2.28. The maximum atomic E-state index is 12.2. The van der Waals surface area contributed by atoms with E-state index in [0.717, 1.165) is 6.42 Å². The molecule has 1 fully saturated rings. The molecule has 1 aliphatic rings. The average molecular weight is 319 g/mol. The summed E-state index contributed by atoms with van der Waals surface area (Å²) in [7, 11) is 0. The van der Waals surface area contributed by atoms with Crippen LogP contribution in [-0.4, -0.2) is 35.3 Å². The van der Waals surface area contributed by atoms with Gasteiger partial charge in [0, 0.05) is 6.54 Å². The first-order valence-electron chi connectivity index (χ1n) is 8.27. The zero-order valence-electron chi connectivity index (χ0n) is 15.2. The van der Waals surface area contributed by atoms with Gasteiger partial charge in [0.1, 0.15) is 5.60 Å². The summed E-state index contributed by atoms with van der Waals surface area (Å²) in [6.45, 7) is 13.8. The Bertz CT molecular complexity index is 556. The van der Waals surface area contributed by atoms with E-state index >= 15 is 0 Å². The van der Waals surface area contributed by atoms with Crippen molar-refractivity contribution in [1.82, 2.24) is 4.90 Å². The van der Waals surface area contributed by atoms with Crippen LogP contribution < -0.4 is 0 Å². The molecule has 128 valence electrons. The summed E-state index contributed by atoms with van der Waals surface area (Å²) in [6, 6.07) is 6.28. The standard InChI is InChI=1S/C19H29NO3/c1-14-8-7-9-15(2)16(14)12-22-19(6)10-11-20(13-19)17(21)23-18(3,4)5/h7-9H,10-13H2,1-6H3. The van der Waals surface area contributed by atoms with Gasteiger partial charge in [0.2, 0.25) is 0 Å². The zero-order valence-corrected chi connectivity index (χ0v) is 15.2. The maximum absolute atomic E-state index is 12.2. The van der Waals surface area contributed by atoms with Gasteiger partial charge in [-0.15, -0.1) is 0 Å². The van der Waals surface area contributed by atoms with Crippen molar-refractivity contribution >= 4 is 6.09 Å². The van der Waals surface area contributed by atoms with Crippen molar-refractivity contribution < 1.29 is 14.3 Å². The summed E-state index contributed by atoms with van der Waals surface area (Å²) in [5.41, 5.74) is 2.96. The molecule has 1 heterocycles. The second-order valence-corrected chi connectivity index (χ2v) is 7.76. The minimum absolute atomic E-state index is 0.253. The maximum Gasteiger partial charge on any atom is 0.410 e. The molecule has 0 bridgehead atoms. The van der Waals surface area contributed by atoms with Gasteiger partial charge in [-0.05, 0) is 64.7 Å². The van der Waals surface area contributed by atoms with E-state index in [2.05, 4.69) is 39.0 Å². The predicted octanol–water partition coefficient (Wildman–Crippen LogP) is 4.22. The third-order valence-corrected chi connectivity index (χ3v) is 4.30. The van der Waals surface area contributed by atoms with Crippen molar-refractivity contribution in [2.24, 2.45) is 0 Å². The Labute approximate surface area is 139 Å². The highest BCUT2D eigenvalue weighted by Crippen LogP contribution is 2.28. The average Bonchev–Trinajstić information content (AvgIpc) is 2.79. The third kappa shape index (κ3) is 4.71. The van der Waals surface area contributed by atoms with Crippen LogP contribution in [-0.2, 0) is 16.1 Å². The molecule has 1 aliphatic heterocycles. The fraction of sp³-hybridized carbons (Fsp3) is 0.632. The molecule has 4 nitrogen and oxygen atoms in total. The molecule has 23 heavy (non-hydrogen) atoms. The van der Waals surface area contributed by atoms with E-state index in [1.165, 1.54) is 16.7 Å². The van der Waals surface area contributed by atoms with Gasteiger partial charge in [-0.3, -0.25) is 0 Å². The molecule has 0 radical (unpaired) electrons. The molecule has 4 heteroatoms. The quantitative estimate of drug-likeness (QED) is 0.837. The lowest BCUT2D eigenvalue weighted by Crippen LogP contribution is -2.39. The largest absolute Gasteiger partial charge is 0.444 e. The summed E-state index contributed by atoms with van der Waals surface area (Å²) in [5, 5.41) is 0. The van der Waals surface area contributed by atoms with Crippen molar-refractivity contribution in [3.05, 3.63) is 34.9 Å². The fourth-order valence-electron chi connectivity index (χ4n) is 2.86. The van der Waals surface area contributed by atoms with E-state index in [-0.39, 0.29) is 11.7 Å². The van der Waals surface area contributed by atoms with Crippen LogP contribution in [0.1, 0.15) is 50.8 Å². The van der Waals surface area contributed by atoms with Gasteiger partial charge in [-0.25, -0.2) is 4.79 Å². The van der Waals surface area contributed by atoms with Crippen LogP contribution in [0.25, 0.3) is 0 Å². The first kappa shape index (κ1) is 17.8. The minimum Gasteiger partial charge on any atom is -0.444 e. The summed E-state index contributed by atoms with van der Waals surface area (Å²) < 4.78 is 11.6. The summed E-state index contributed by atoms with van der Waals surface area (Å²) in [6.07, 6.45) is 0.578. The smallest absolute Gasteiger partial charge is 0.410 e. The lowest BCUT2D eigenvalue weighted by atomic mass is 10.0. The number of aryl methyl sites for hydroxylation is 2. The van der Waals surface area contributed by atoms with E-state index in [0.29, 0.717) is 19.7 Å². The van der Waals surface area contributed by atoms with Crippen molar-refractivity contribution in [1.29, 1.82) is 0 Å². The molecule has 1 aromatic rings. The predicted molar refractivity (Wildman–Crippen MR) is 91.5 cm³/mol. The molecule has 0 saturated carbocycles. The molecule has 2 rings (SSSR count). The molecule has 0 aliphatic carbocycles. The Hall–Kier alpha value is -1.55. The Kier molecular flexibility index (Phi) is 5.04. The van der Waals surface area contributed by atoms with Crippen molar-refractivity contribution in [2.75, 3.05) is 13.1 Å². The van der Waals surface area contributed by atoms with Crippen LogP contribution in [0.4, 0.5) is 4.79 Å². The zero-order chi connectivity index (χ0) is 17.3. The highest BCUT2D eigenvalue weighted by atomic mass is 16.6. The van der Waals surface area contributed by atoms with E-state index < -0.39 is 5.60 Å². The monoisotopic (exact) mass is 319 g/mol. The molecule has 0 aromatic heterocycles. The fourth-order valence-corrected chi connectivity index (χ4v) is 2.86. The van der Waals surface area contributed by atoms with Crippen LogP contribution in [0.2, 0.25) is 0 Å². The van der Waals surface area contributed by atoms with Crippen LogP contribution in [0.5, 0.6) is 0 Å². The highest BCUT2D eigenvalue weighted by Gasteiger charge is 2.38. The van der Waals surface area contributed by atoms with Crippen molar-refractivity contribution in [3.8, 4) is 0 Å². The van der Waals surface area contributed by atoms with Gasteiger partial charge in [0.05, 0.1) is 18.8 Å². The molecule has 1 atom stereocenters. The van der Waals surface area contributed by atoms with E-state index in [1.54, 1.807) is 4.90 Å². The van der Waals surface area contributed by atoms with E-state index in [1.807, 2.05) is 20.8 Å². The number of likely N-dealkylation sites (tertiary alicyclic amines) is 1. The molecule has 1 aromatic carbocycles. The van der Waals surface area contributed by atoms with Crippen LogP contribution in [0.3, 0.4) is 0 Å². The second-order valence-electron chi connectivity index (χ2n) is 7.76. The van der Waals surface area contributed by atoms with Crippen LogP contribution >= 0.6 is 0 Å². The number of hydrogen-bond donors (Lipinski definition) is 0.